The van der Waals surface area contributed by atoms with Gasteiger partial charge in [0.05, 0.1) is 0 Å². The average Bonchev–Trinajstić information content (AvgIpc) is 2.38. The monoisotopic (exact) mass is 247 g/mol. The number of benzene rings is 1. The normalized spacial score (nSPS) is 16.9. The minimum Gasteiger partial charge on any atom is -0.396 e. The molecule has 1 aromatic carbocycles. The summed E-state index contributed by atoms with van der Waals surface area (Å²) in [6.45, 7) is 4.27. The standard InChI is InChI=1S/C14H21N3O/c1-10-8-12(2-3-13(10)14(15)16)17-6-4-11(9-18)5-7-17/h2-3,8,11,18H,4-7,9H2,1H3,(H3,15,16). The van der Waals surface area contributed by atoms with E-state index in [1.54, 1.807) is 0 Å². The highest BCUT2D eigenvalue weighted by Crippen LogP contribution is 2.24. The zero-order chi connectivity index (χ0) is 13.1. The Bertz CT molecular complexity index is 437. The zero-order valence-electron chi connectivity index (χ0n) is 10.8. The summed E-state index contributed by atoms with van der Waals surface area (Å²) in [6.07, 6.45) is 2.09. The van der Waals surface area contributed by atoms with Crippen molar-refractivity contribution in [3.8, 4) is 0 Å². The number of hydrogen-bond donors (Lipinski definition) is 3. The van der Waals surface area contributed by atoms with Crippen LogP contribution in [0.2, 0.25) is 0 Å². The van der Waals surface area contributed by atoms with Crippen molar-refractivity contribution >= 4 is 11.5 Å². The fraction of sp³-hybridized carbons (Fsp3) is 0.500. The average molecular weight is 247 g/mol. The summed E-state index contributed by atoms with van der Waals surface area (Å²) in [6, 6.07) is 6.05. The van der Waals surface area contributed by atoms with Crippen molar-refractivity contribution < 1.29 is 5.11 Å². The molecular formula is C14H21N3O. The van der Waals surface area contributed by atoms with Gasteiger partial charge in [-0.05, 0) is 49.4 Å². The molecule has 0 aliphatic carbocycles. The molecule has 1 fully saturated rings. The molecule has 2 rings (SSSR count). The Labute approximate surface area is 108 Å². The molecule has 98 valence electrons. The van der Waals surface area contributed by atoms with Gasteiger partial charge < -0.3 is 15.7 Å². The number of aliphatic hydroxyl groups is 1. The Morgan fingerprint density at radius 2 is 2.11 bits per heavy atom. The fourth-order valence-corrected chi connectivity index (χ4v) is 2.52. The molecule has 0 aromatic heterocycles. The van der Waals surface area contributed by atoms with Crippen LogP contribution in [0.4, 0.5) is 5.69 Å². The van der Waals surface area contributed by atoms with Gasteiger partial charge in [-0.3, -0.25) is 5.41 Å². The molecule has 18 heavy (non-hydrogen) atoms. The predicted molar refractivity (Wildman–Crippen MR) is 74.2 cm³/mol. The minimum absolute atomic E-state index is 0.123. The predicted octanol–water partition coefficient (Wildman–Crippen LogP) is 1.49. The second-order valence-electron chi connectivity index (χ2n) is 5.03. The van der Waals surface area contributed by atoms with Crippen LogP contribution in [0.15, 0.2) is 18.2 Å². The van der Waals surface area contributed by atoms with Crippen LogP contribution < -0.4 is 10.6 Å². The molecule has 0 radical (unpaired) electrons. The van der Waals surface area contributed by atoms with Crippen molar-refractivity contribution in [1.29, 1.82) is 5.41 Å². The third kappa shape index (κ3) is 2.64. The van der Waals surface area contributed by atoms with Gasteiger partial charge in [0.2, 0.25) is 0 Å². The van der Waals surface area contributed by atoms with Gasteiger partial charge in [0.25, 0.3) is 0 Å². The molecule has 1 heterocycles. The summed E-state index contributed by atoms with van der Waals surface area (Å²) >= 11 is 0. The SMILES string of the molecule is Cc1cc(N2CCC(CO)CC2)ccc1C(=N)N. The molecule has 0 bridgehead atoms. The van der Waals surface area contributed by atoms with Gasteiger partial charge in [-0.1, -0.05) is 0 Å². The Morgan fingerprint density at radius 1 is 1.44 bits per heavy atom. The second-order valence-corrected chi connectivity index (χ2v) is 5.03. The maximum absolute atomic E-state index is 9.13. The summed E-state index contributed by atoms with van der Waals surface area (Å²) in [5.41, 5.74) is 8.56. The van der Waals surface area contributed by atoms with Gasteiger partial charge in [0.15, 0.2) is 0 Å². The molecule has 0 amide bonds. The fourth-order valence-electron chi connectivity index (χ4n) is 2.52. The Kier molecular flexibility index (Phi) is 3.87. The number of nitrogen functional groups attached to an aromatic ring is 1. The molecule has 1 aliphatic rings. The van der Waals surface area contributed by atoms with Gasteiger partial charge in [0.1, 0.15) is 5.84 Å². The highest BCUT2D eigenvalue weighted by molar-refractivity contribution is 5.96. The van der Waals surface area contributed by atoms with Gasteiger partial charge in [-0.25, -0.2) is 0 Å². The number of amidine groups is 1. The molecular weight excluding hydrogens is 226 g/mol. The molecule has 4 N–H and O–H groups in total. The molecule has 0 atom stereocenters. The van der Waals surface area contributed by atoms with E-state index in [-0.39, 0.29) is 5.84 Å². The van der Waals surface area contributed by atoms with Gasteiger partial charge in [-0.2, -0.15) is 0 Å². The second kappa shape index (κ2) is 5.40. The van der Waals surface area contributed by atoms with Crippen LogP contribution in [-0.4, -0.2) is 30.6 Å². The van der Waals surface area contributed by atoms with E-state index in [0.717, 1.165) is 37.1 Å². The van der Waals surface area contributed by atoms with Gasteiger partial charge in [0, 0.05) is 30.9 Å². The smallest absolute Gasteiger partial charge is 0.123 e. The van der Waals surface area contributed by atoms with E-state index in [0.29, 0.717) is 12.5 Å². The molecule has 1 saturated heterocycles. The summed E-state index contributed by atoms with van der Waals surface area (Å²) in [5, 5.41) is 16.6. The van der Waals surface area contributed by atoms with Crippen LogP contribution in [0.5, 0.6) is 0 Å². The summed E-state index contributed by atoms with van der Waals surface area (Å²) in [4.78, 5) is 2.34. The maximum atomic E-state index is 9.13. The number of nitrogens with zero attached hydrogens (tertiary/aromatic N) is 1. The van der Waals surface area contributed by atoms with Crippen molar-refractivity contribution in [3.05, 3.63) is 29.3 Å². The van der Waals surface area contributed by atoms with E-state index in [2.05, 4.69) is 11.0 Å². The van der Waals surface area contributed by atoms with Crippen molar-refractivity contribution in [3.63, 3.8) is 0 Å². The van der Waals surface area contributed by atoms with E-state index < -0.39 is 0 Å². The number of aryl methyl sites for hydroxylation is 1. The van der Waals surface area contributed by atoms with E-state index >= 15 is 0 Å². The number of rotatable bonds is 3. The third-order valence-corrected chi connectivity index (χ3v) is 3.74. The Morgan fingerprint density at radius 3 is 2.61 bits per heavy atom. The topological polar surface area (TPSA) is 73.3 Å². The third-order valence-electron chi connectivity index (χ3n) is 3.74. The minimum atomic E-state index is 0.123. The molecule has 0 saturated carbocycles. The number of nitrogens with one attached hydrogen (secondary N) is 1. The van der Waals surface area contributed by atoms with Crippen molar-refractivity contribution in [1.82, 2.24) is 0 Å². The first-order chi connectivity index (χ1) is 8.61. The molecule has 1 aliphatic heterocycles. The first-order valence-corrected chi connectivity index (χ1v) is 6.42. The van der Waals surface area contributed by atoms with Gasteiger partial charge in [-0.15, -0.1) is 0 Å². The zero-order valence-corrected chi connectivity index (χ0v) is 10.8. The quantitative estimate of drug-likeness (QED) is 0.559. The van der Waals surface area contributed by atoms with Gasteiger partial charge >= 0.3 is 0 Å². The van der Waals surface area contributed by atoms with Crippen LogP contribution in [-0.2, 0) is 0 Å². The lowest BCUT2D eigenvalue weighted by molar-refractivity contribution is 0.203. The first kappa shape index (κ1) is 12.9. The molecule has 0 unspecified atom stereocenters. The van der Waals surface area contributed by atoms with Crippen molar-refractivity contribution in [2.45, 2.75) is 19.8 Å². The number of hydrogen-bond acceptors (Lipinski definition) is 3. The first-order valence-electron chi connectivity index (χ1n) is 6.42. The number of nitrogens with two attached hydrogens (primary N) is 1. The lowest BCUT2D eigenvalue weighted by atomic mass is 9.97. The number of piperidine rings is 1. The Balaban J connectivity index is 2.11. The maximum Gasteiger partial charge on any atom is 0.123 e. The molecule has 1 aromatic rings. The number of aliphatic hydroxyl groups excluding tert-OH is 1. The van der Waals surface area contributed by atoms with E-state index in [1.807, 2.05) is 19.1 Å². The van der Waals surface area contributed by atoms with Crippen molar-refractivity contribution in [2.75, 3.05) is 24.6 Å². The highest BCUT2D eigenvalue weighted by atomic mass is 16.3. The molecule has 4 nitrogen and oxygen atoms in total. The van der Waals surface area contributed by atoms with E-state index in [1.165, 1.54) is 5.69 Å². The van der Waals surface area contributed by atoms with E-state index in [9.17, 15) is 0 Å². The Hall–Kier alpha value is -1.55. The van der Waals surface area contributed by atoms with Crippen LogP contribution >= 0.6 is 0 Å². The van der Waals surface area contributed by atoms with Crippen LogP contribution in [0.3, 0.4) is 0 Å². The van der Waals surface area contributed by atoms with Crippen LogP contribution in [0, 0.1) is 18.3 Å². The summed E-state index contributed by atoms with van der Waals surface area (Å²) in [7, 11) is 0. The highest BCUT2D eigenvalue weighted by Gasteiger charge is 2.19. The summed E-state index contributed by atoms with van der Waals surface area (Å²) in [5.74, 6) is 0.580. The largest absolute Gasteiger partial charge is 0.396 e. The summed E-state index contributed by atoms with van der Waals surface area (Å²) < 4.78 is 0. The number of anilines is 1. The van der Waals surface area contributed by atoms with Crippen molar-refractivity contribution in [2.24, 2.45) is 11.7 Å². The van der Waals surface area contributed by atoms with E-state index in [4.69, 9.17) is 16.2 Å². The molecule has 0 spiro atoms. The van der Waals surface area contributed by atoms with Crippen LogP contribution in [0.1, 0.15) is 24.0 Å². The molecule has 4 heteroatoms. The lowest BCUT2D eigenvalue weighted by Gasteiger charge is -2.33. The lowest BCUT2D eigenvalue weighted by Crippen LogP contribution is -2.34. The van der Waals surface area contributed by atoms with Crippen LogP contribution in [0.25, 0.3) is 0 Å².